The van der Waals surface area contributed by atoms with Crippen molar-refractivity contribution >= 4 is 49.8 Å². The smallest absolute Gasteiger partial charge is 0.409 e. The van der Waals surface area contributed by atoms with E-state index in [9.17, 15) is 18.0 Å². The van der Waals surface area contributed by atoms with Gasteiger partial charge in [-0.05, 0) is 54.1 Å². The molecule has 0 radical (unpaired) electrons. The summed E-state index contributed by atoms with van der Waals surface area (Å²) in [5.41, 5.74) is 0.477. The lowest BCUT2D eigenvalue weighted by atomic mass is 10.0. The monoisotopic (exact) mass is 487 g/mol. The highest BCUT2D eigenvalue weighted by Gasteiger charge is 2.26. The van der Waals surface area contributed by atoms with Crippen molar-refractivity contribution in [2.45, 2.75) is 30.0 Å². The first kappa shape index (κ1) is 23.1. The van der Waals surface area contributed by atoms with Gasteiger partial charge in [-0.3, -0.25) is 9.52 Å². The number of nitrogens with zero attached hydrogens (tertiary/aromatic N) is 1. The number of carbonyl (C=O) groups excluding carboxylic acids is 2. The molecule has 8 nitrogen and oxygen atoms in total. The Hall–Kier alpha value is -3.11. The minimum atomic E-state index is -3.82. The number of anilines is 1. The molecule has 0 atom stereocenters. The highest BCUT2D eigenvalue weighted by molar-refractivity contribution is 7.94. The van der Waals surface area contributed by atoms with Crippen LogP contribution in [-0.2, 0) is 14.8 Å². The molecule has 1 saturated heterocycles. The molecule has 2 N–H and O–H groups in total. The summed E-state index contributed by atoms with van der Waals surface area (Å²) in [5.74, 6) is -0.362. The topological polar surface area (TPSA) is 105 Å². The van der Waals surface area contributed by atoms with Crippen molar-refractivity contribution in [3.63, 3.8) is 0 Å². The number of nitrogens with one attached hydrogen (secondary N) is 2. The summed E-state index contributed by atoms with van der Waals surface area (Å²) >= 11 is 1.11. The van der Waals surface area contributed by atoms with E-state index < -0.39 is 10.0 Å². The number of ether oxygens (including phenoxy) is 1. The molecule has 0 bridgehead atoms. The minimum Gasteiger partial charge on any atom is -0.450 e. The maximum absolute atomic E-state index is 13.2. The van der Waals surface area contributed by atoms with Crippen molar-refractivity contribution in [2.75, 3.05) is 24.4 Å². The van der Waals surface area contributed by atoms with Crippen molar-refractivity contribution in [1.82, 2.24) is 10.2 Å². The van der Waals surface area contributed by atoms with Crippen LogP contribution in [0.3, 0.4) is 0 Å². The van der Waals surface area contributed by atoms with Gasteiger partial charge in [0.15, 0.2) is 0 Å². The van der Waals surface area contributed by atoms with Crippen molar-refractivity contribution in [2.24, 2.45) is 0 Å². The van der Waals surface area contributed by atoms with E-state index in [-0.39, 0.29) is 33.5 Å². The summed E-state index contributed by atoms with van der Waals surface area (Å²) in [4.78, 5) is 26.7. The molecular formula is C23H25N3O5S2. The average Bonchev–Trinajstić information content (AvgIpc) is 3.35. The molecule has 1 fully saturated rings. The average molecular weight is 488 g/mol. The van der Waals surface area contributed by atoms with Crippen LogP contribution in [0, 0.1) is 0 Å². The number of piperidine rings is 1. The predicted molar refractivity (Wildman–Crippen MR) is 128 cm³/mol. The van der Waals surface area contributed by atoms with Crippen molar-refractivity contribution in [3.05, 3.63) is 59.5 Å². The molecule has 0 aliphatic carbocycles. The van der Waals surface area contributed by atoms with Crippen LogP contribution in [0.15, 0.2) is 58.1 Å². The lowest BCUT2D eigenvalue weighted by molar-refractivity contribution is 0.0860. The second-order valence-electron chi connectivity index (χ2n) is 7.72. The lowest BCUT2D eigenvalue weighted by Crippen LogP contribution is -2.46. The Morgan fingerprint density at radius 2 is 1.79 bits per heavy atom. The van der Waals surface area contributed by atoms with Crippen LogP contribution in [0.1, 0.15) is 30.1 Å². The van der Waals surface area contributed by atoms with Crippen LogP contribution in [0.2, 0.25) is 0 Å². The Kier molecular flexibility index (Phi) is 6.85. The fourth-order valence-electron chi connectivity index (χ4n) is 3.81. The summed E-state index contributed by atoms with van der Waals surface area (Å²) in [7, 11) is -3.82. The van der Waals surface area contributed by atoms with Gasteiger partial charge in [0.1, 0.15) is 4.21 Å². The molecule has 174 valence electrons. The molecule has 3 aromatic rings. The van der Waals surface area contributed by atoms with Gasteiger partial charge in [-0.25, -0.2) is 13.2 Å². The highest BCUT2D eigenvalue weighted by Crippen LogP contribution is 2.28. The molecule has 2 amide bonds. The van der Waals surface area contributed by atoms with Gasteiger partial charge in [0.25, 0.3) is 15.9 Å². The fourth-order valence-corrected chi connectivity index (χ4v) is 5.87. The van der Waals surface area contributed by atoms with Crippen molar-refractivity contribution < 1.29 is 22.7 Å². The molecular weight excluding hydrogens is 462 g/mol. The maximum atomic E-state index is 13.2. The third-order valence-corrected chi connectivity index (χ3v) is 8.25. The summed E-state index contributed by atoms with van der Waals surface area (Å²) in [6.07, 6.45) is 0.838. The number of hydrogen-bond acceptors (Lipinski definition) is 6. The number of amides is 2. The van der Waals surface area contributed by atoms with E-state index in [1.54, 1.807) is 35.4 Å². The Balaban J connectivity index is 1.55. The number of rotatable bonds is 6. The molecule has 2 heterocycles. The summed E-state index contributed by atoms with van der Waals surface area (Å²) in [6.45, 7) is 3.05. The number of fused-ring (bicyclic) bond motifs is 1. The highest BCUT2D eigenvalue weighted by atomic mass is 32.2. The Morgan fingerprint density at radius 1 is 1.09 bits per heavy atom. The molecule has 10 heteroatoms. The van der Waals surface area contributed by atoms with E-state index in [4.69, 9.17) is 4.74 Å². The third-order valence-electron chi connectivity index (χ3n) is 5.49. The van der Waals surface area contributed by atoms with Gasteiger partial charge >= 0.3 is 6.09 Å². The van der Waals surface area contributed by atoms with Gasteiger partial charge in [0.05, 0.1) is 17.9 Å². The summed E-state index contributed by atoms with van der Waals surface area (Å²) in [6, 6.07) is 13.9. The molecule has 1 aromatic heterocycles. The van der Waals surface area contributed by atoms with Crippen molar-refractivity contribution in [3.8, 4) is 0 Å². The predicted octanol–water partition coefficient (Wildman–Crippen LogP) is 4.05. The first-order valence-electron chi connectivity index (χ1n) is 10.7. The number of benzene rings is 2. The Labute approximate surface area is 196 Å². The Bertz CT molecular complexity index is 1250. The molecule has 4 rings (SSSR count). The van der Waals surface area contributed by atoms with Crippen LogP contribution in [0.4, 0.5) is 10.5 Å². The molecule has 33 heavy (non-hydrogen) atoms. The standard InChI is InChI=1S/C23H25N3O5S2/c1-2-31-23(28)26-11-9-18(10-12-26)24-22(27)19-14-16-6-3-4-7-17(16)15-20(19)25-33(29,30)21-8-5-13-32-21/h3-8,13-15,18,25H,2,9-12H2,1H3,(H,24,27). The third kappa shape index (κ3) is 5.28. The first-order chi connectivity index (χ1) is 15.9. The second kappa shape index (κ2) is 9.80. The van der Waals surface area contributed by atoms with Gasteiger partial charge < -0.3 is 15.0 Å². The maximum Gasteiger partial charge on any atom is 0.409 e. The number of hydrogen-bond donors (Lipinski definition) is 2. The normalized spacial score (nSPS) is 14.8. The first-order valence-corrected chi connectivity index (χ1v) is 13.1. The zero-order valence-electron chi connectivity index (χ0n) is 18.1. The van der Waals surface area contributed by atoms with E-state index in [2.05, 4.69) is 10.0 Å². The Morgan fingerprint density at radius 3 is 2.42 bits per heavy atom. The number of sulfonamides is 1. The minimum absolute atomic E-state index is 0.128. The SMILES string of the molecule is CCOC(=O)N1CCC(NC(=O)c2cc3ccccc3cc2NS(=O)(=O)c2cccs2)CC1. The van der Waals surface area contributed by atoms with Gasteiger partial charge in [-0.1, -0.05) is 30.3 Å². The van der Waals surface area contributed by atoms with E-state index in [0.29, 0.717) is 32.5 Å². The molecule has 0 spiro atoms. The van der Waals surface area contributed by atoms with Gasteiger partial charge in [0, 0.05) is 19.1 Å². The van der Waals surface area contributed by atoms with Gasteiger partial charge in [-0.15, -0.1) is 11.3 Å². The zero-order chi connectivity index (χ0) is 23.4. The van der Waals surface area contributed by atoms with Crippen LogP contribution >= 0.6 is 11.3 Å². The fraction of sp³-hybridized carbons (Fsp3) is 0.304. The molecule has 0 saturated carbocycles. The second-order valence-corrected chi connectivity index (χ2v) is 10.6. The molecule has 2 aromatic carbocycles. The van der Waals surface area contributed by atoms with Gasteiger partial charge in [-0.2, -0.15) is 0 Å². The molecule has 1 aliphatic rings. The van der Waals surface area contributed by atoms with Crippen LogP contribution < -0.4 is 10.0 Å². The molecule has 1 aliphatic heterocycles. The van der Waals surface area contributed by atoms with E-state index in [0.717, 1.165) is 22.1 Å². The van der Waals surface area contributed by atoms with Gasteiger partial charge in [0.2, 0.25) is 0 Å². The van der Waals surface area contributed by atoms with Crippen LogP contribution in [0.25, 0.3) is 10.8 Å². The quantitative estimate of drug-likeness (QED) is 0.546. The van der Waals surface area contributed by atoms with Crippen molar-refractivity contribution in [1.29, 1.82) is 0 Å². The number of thiophene rings is 1. The van der Waals surface area contributed by atoms with Crippen LogP contribution in [-0.4, -0.2) is 51.1 Å². The number of carbonyl (C=O) groups is 2. The largest absolute Gasteiger partial charge is 0.450 e. The van der Waals surface area contributed by atoms with Crippen LogP contribution in [0.5, 0.6) is 0 Å². The zero-order valence-corrected chi connectivity index (χ0v) is 19.7. The summed E-state index contributed by atoms with van der Waals surface area (Å²) < 4.78 is 33.5. The van der Waals surface area contributed by atoms with E-state index >= 15 is 0 Å². The summed E-state index contributed by atoms with van der Waals surface area (Å²) in [5, 5.41) is 6.34. The number of likely N-dealkylation sites (tertiary alicyclic amines) is 1. The van der Waals surface area contributed by atoms with E-state index in [1.807, 2.05) is 24.3 Å². The molecule has 0 unspecified atom stereocenters. The van der Waals surface area contributed by atoms with E-state index in [1.165, 1.54) is 6.07 Å². The lowest BCUT2D eigenvalue weighted by Gasteiger charge is -2.31.